The number of nitrogens with one attached hydrogen (secondary N) is 1. The van der Waals surface area contributed by atoms with E-state index in [9.17, 15) is 0 Å². The van der Waals surface area contributed by atoms with Gasteiger partial charge in [0.15, 0.2) is 0 Å². The maximum atomic E-state index is 6.50. The molecule has 3 heterocycles. The number of fused-ring (bicyclic) bond motifs is 1. The van der Waals surface area contributed by atoms with E-state index in [1.54, 1.807) is 11.3 Å². The maximum absolute atomic E-state index is 6.50. The molecule has 1 unspecified atom stereocenters. The van der Waals surface area contributed by atoms with Crippen LogP contribution in [0.1, 0.15) is 24.8 Å². The summed E-state index contributed by atoms with van der Waals surface area (Å²) in [5.74, 6) is 0.944. The molecule has 0 bridgehead atoms. The normalized spacial score (nSPS) is 18.2. The number of rotatable bonds is 3. The molecule has 1 aliphatic heterocycles. The largest absolute Gasteiger partial charge is 0.488 e. The van der Waals surface area contributed by atoms with Crippen LogP contribution in [0, 0.1) is 6.92 Å². The highest BCUT2D eigenvalue weighted by Crippen LogP contribution is 2.41. The molecule has 0 amide bonds. The second kappa shape index (κ2) is 7.32. The van der Waals surface area contributed by atoms with Crippen molar-refractivity contribution in [3.63, 3.8) is 0 Å². The second-order valence-electron chi connectivity index (χ2n) is 6.53. The molecule has 1 aromatic carbocycles. The summed E-state index contributed by atoms with van der Waals surface area (Å²) in [6.07, 6.45) is 5.55. The van der Waals surface area contributed by atoms with Crippen LogP contribution < -0.4 is 10.1 Å². The fourth-order valence-corrected chi connectivity index (χ4v) is 4.58. The Balaban J connectivity index is 1.80. The van der Waals surface area contributed by atoms with Gasteiger partial charge in [0.05, 0.1) is 10.2 Å². The molecule has 1 saturated heterocycles. The Labute approximate surface area is 157 Å². The van der Waals surface area contributed by atoms with E-state index in [1.165, 1.54) is 17.5 Å². The molecule has 3 nitrogen and oxygen atoms in total. The Morgan fingerprint density at radius 3 is 3.08 bits per heavy atom. The van der Waals surface area contributed by atoms with Crippen molar-refractivity contribution < 1.29 is 4.74 Å². The van der Waals surface area contributed by atoms with E-state index in [2.05, 4.69) is 34.7 Å². The zero-order chi connectivity index (χ0) is 17.2. The first-order valence-electron chi connectivity index (χ1n) is 8.72. The first-order chi connectivity index (χ1) is 12.2. The van der Waals surface area contributed by atoms with Crippen LogP contribution in [0.3, 0.4) is 0 Å². The van der Waals surface area contributed by atoms with Crippen molar-refractivity contribution in [1.82, 2.24) is 10.3 Å². The predicted octanol–water partition coefficient (Wildman–Crippen LogP) is 5.45. The van der Waals surface area contributed by atoms with Crippen LogP contribution in [0.2, 0.25) is 5.02 Å². The van der Waals surface area contributed by atoms with Crippen LogP contribution >= 0.6 is 22.9 Å². The van der Waals surface area contributed by atoms with Gasteiger partial charge in [-0.2, -0.15) is 0 Å². The van der Waals surface area contributed by atoms with Gasteiger partial charge in [-0.05, 0) is 67.9 Å². The standard InChI is InChI=1S/C20H21ClN2OS/c1-13-10-14(21)11-17(16-5-8-23-18-6-9-25-20(16)18)19(13)24-15-4-2-3-7-22-12-15/h5-6,8-11,15,22H,2-4,7,12H2,1H3. The number of thiophene rings is 1. The minimum absolute atomic E-state index is 0.196. The summed E-state index contributed by atoms with van der Waals surface area (Å²) in [4.78, 5) is 4.46. The topological polar surface area (TPSA) is 34.1 Å². The molecule has 4 rings (SSSR count). The van der Waals surface area contributed by atoms with Crippen LogP contribution in [0.4, 0.5) is 0 Å². The van der Waals surface area contributed by atoms with Crippen molar-refractivity contribution in [3.05, 3.63) is 46.4 Å². The van der Waals surface area contributed by atoms with Crippen LogP contribution in [-0.2, 0) is 0 Å². The fourth-order valence-electron chi connectivity index (χ4n) is 3.43. The fraction of sp³-hybridized carbons (Fsp3) is 0.350. The number of hydrogen-bond acceptors (Lipinski definition) is 4. The third-order valence-electron chi connectivity index (χ3n) is 4.66. The number of benzene rings is 1. The van der Waals surface area contributed by atoms with Crippen molar-refractivity contribution in [2.75, 3.05) is 13.1 Å². The number of hydrogen-bond donors (Lipinski definition) is 1. The molecule has 5 heteroatoms. The average Bonchev–Trinajstić information content (AvgIpc) is 2.93. The minimum Gasteiger partial charge on any atom is -0.488 e. The lowest BCUT2D eigenvalue weighted by atomic mass is 10.0. The summed E-state index contributed by atoms with van der Waals surface area (Å²) < 4.78 is 7.67. The van der Waals surface area contributed by atoms with E-state index in [0.29, 0.717) is 0 Å². The summed E-state index contributed by atoms with van der Waals surface area (Å²) in [6, 6.07) is 8.11. The van der Waals surface area contributed by atoms with Gasteiger partial charge in [0, 0.05) is 28.9 Å². The van der Waals surface area contributed by atoms with Crippen LogP contribution in [0.5, 0.6) is 5.75 Å². The molecular formula is C20H21ClN2OS. The molecule has 0 aliphatic carbocycles. The number of pyridine rings is 1. The molecule has 130 valence electrons. The Morgan fingerprint density at radius 1 is 1.24 bits per heavy atom. The molecular weight excluding hydrogens is 352 g/mol. The van der Waals surface area contributed by atoms with Crippen molar-refractivity contribution in [1.29, 1.82) is 0 Å². The van der Waals surface area contributed by atoms with Gasteiger partial charge in [-0.25, -0.2) is 0 Å². The Morgan fingerprint density at radius 2 is 2.16 bits per heavy atom. The quantitative estimate of drug-likeness (QED) is 0.664. The highest BCUT2D eigenvalue weighted by atomic mass is 35.5. The molecule has 0 radical (unpaired) electrons. The molecule has 0 spiro atoms. The Bertz CT molecular complexity index is 885. The van der Waals surface area contributed by atoms with E-state index >= 15 is 0 Å². The van der Waals surface area contributed by atoms with E-state index in [4.69, 9.17) is 16.3 Å². The van der Waals surface area contributed by atoms with Gasteiger partial charge in [-0.15, -0.1) is 11.3 Å². The van der Waals surface area contributed by atoms with Crippen LogP contribution in [0.15, 0.2) is 35.8 Å². The first-order valence-corrected chi connectivity index (χ1v) is 9.98. The third kappa shape index (κ3) is 3.52. The lowest BCUT2D eigenvalue weighted by molar-refractivity contribution is 0.194. The van der Waals surface area contributed by atoms with Gasteiger partial charge in [-0.3, -0.25) is 4.98 Å². The predicted molar refractivity (Wildman–Crippen MR) is 106 cm³/mol. The lowest BCUT2D eigenvalue weighted by Gasteiger charge is -2.22. The smallest absolute Gasteiger partial charge is 0.130 e. The molecule has 25 heavy (non-hydrogen) atoms. The Hall–Kier alpha value is -1.62. The molecule has 1 atom stereocenters. The van der Waals surface area contributed by atoms with Crippen LogP contribution in [-0.4, -0.2) is 24.2 Å². The molecule has 3 aromatic rings. The Kier molecular flexibility index (Phi) is 4.93. The van der Waals surface area contributed by atoms with Gasteiger partial charge in [0.2, 0.25) is 0 Å². The monoisotopic (exact) mass is 372 g/mol. The average molecular weight is 373 g/mol. The first kappa shape index (κ1) is 16.8. The summed E-state index contributed by atoms with van der Waals surface area (Å²) in [5, 5.41) is 6.29. The number of aryl methyl sites for hydroxylation is 1. The molecule has 0 saturated carbocycles. The van der Waals surface area contributed by atoms with E-state index < -0.39 is 0 Å². The summed E-state index contributed by atoms with van der Waals surface area (Å²) in [6.45, 7) is 4.04. The lowest BCUT2D eigenvalue weighted by Crippen LogP contribution is -2.29. The van der Waals surface area contributed by atoms with Gasteiger partial charge in [0.1, 0.15) is 11.9 Å². The highest BCUT2D eigenvalue weighted by molar-refractivity contribution is 7.17. The zero-order valence-electron chi connectivity index (χ0n) is 14.2. The van der Waals surface area contributed by atoms with Crippen LogP contribution in [0.25, 0.3) is 21.3 Å². The zero-order valence-corrected chi connectivity index (χ0v) is 15.8. The molecule has 1 N–H and O–H groups in total. The van der Waals surface area contributed by atoms with Crippen molar-refractivity contribution in [2.24, 2.45) is 0 Å². The molecule has 2 aromatic heterocycles. The van der Waals surface area contributed by atoms with Gasteiger partial charge >= 0.3 is 0 Å². The number of nitrogens with zero attached hydrogens (tertiary/aromatic N) is 1. The summed E-state index contributed by atoms with van der Waals surface area (Å²) in [7, 11) is 0. The van der Waals surface area contributed by atoms with Gasteiger partial charge in [-0.1, -0.05) is 11.6 Å². The highest BCUT2D eigenvalue weighted by Gasteiger charge is 2.19. The van der Waals surface area contributed by atoms with Crippen molar-refractivity contribution >= 4 is 33.2 Å². The SMILES string of the molecule is Cc1cc(Cl)cc(-c2ccnc3ccsc23)c1OC1CCCCNC1. The van der Waals surface area contributed by atoms with E-state index in [1.807, 2.05) is 18.3 Å². The summed E-state index contributed by atoms with van der Waals surface area (Å²) in [5.41, 5.74) is 4.29. The van der Waals surface area contributed by atoms with Gasteiger partial charge < -0.3 is 10.1 Å². The second-order valence-corrected chi connectivity index (χ2v) is 7.89. The maximum Gasteiger partial charge on any atom is 0.130 e. The molecule has 1 aliphatic rings. The summed E-state index contributed by atoms with van der Waals surface area (Å²) >= 11 is 8.09. The van der Waals surface area contributed by atoms with E-state index in [0.717, 1.165) is 52.5 Å². The number of ether oxygens (including phenoxy) is 1. The third-order valence-corrected chi connectivity index (χ3v) is 5.81. The molecule has 1 fully saturated rings. The van der Waals surface area contributed by atoms with Gasteiger partial charge in [0.25, 0.3) is 0 Å². The van der Waals surface area contributed by atoms with Crippen molar-refractivity contribution in [3.8, 4) is 16.9 Å². The van der Waals surface area contributed by atoms with Crippen molar-refractivity contribution in [2.45, 2.75) is 32.3 Å². The van der Waals surface area contributed by atoms with E-state index in [-0.39, 0.29) is 6.10 Å². The number of aromatic nitrogens is 1. The minimum atomic E-state index is 0.196. The number of halogens is 1.